The quantitative estimate of drug-likeness (QED) is 0.389. The molecule has 5 N–H and O–H groups in total. The van der Waals surface area contributed by atoms with Crippen molar-refractivity contribution < 1.29 is 30.3 Å². The van der Waals surface area contributed by atoms with Gasteiger partial charge >= 0.3 is 0 Å². The van der Waals surface area contributed by atoms with Crippen molar-refractivity contribution in [3.63, 3.8) is 0 Å². The van der Waals surface area contributed by atoms with Crippen LogP contribution in [0.4, 0.5) is 0 Å². The molecule has 1 atom stereocenters. The van der Waals surface area contributed by atoms with Gasteiger partial charge < -0.3 is 25.5 Å². The number of phenols is 4. The highest BCUT2D eigenvalue weighted by Crippen LogP contribution is 2.26. The molecule has 0 bridgehead atoms. The number of hydrogen-bond acceptors (Lipinski definition) is 6. The molecule has 0 saturated carbocycles. The largest absolute Gasteiger partial charge is 0.504 e. The molecule has 0 heterocycles. The van der Waals surface area contributed by atoms with E-state index in [9.17, 15) is 30.3 Å². The van der Waals surface area contributed by atoms with Gasteiger partial charge in [0.2, 0.25) is 0 Å². The lowest BCUT2D eigenvalue weighted by atomic mass is 10.0. The maximum atomic E-state index is 11.9. The Morgan fingerprint density at radius 3 is 2.20 bits per heavy atom. The highest BCUT2D eigenvalue weighted by molar-refractivity contribution is 5.93. The highest BCUT2D eigenvalue weighted by Gasteiger charge is 2.10. The molecule has 25 heavy (non-hydrogen) atoms. The Bertz CT molecular complexity index is 781. The molecule has 0 aliphatic carbocycles. The maximum Gasteiger partial charge on any atom is 0.158 e. The van der Waals surface area contributed by atoms with Crippen molar-refractivity contribution in [3.8, 4) is 23.0 Å². The summed E-state index contributed by atoms with van der Waals surface area (Å²) >= 11 is 0. The van der Waals surface area contributed by atoms with Gasteiger partial charge in [-0.05, 0) is 54.3 Å². The van der Waals surface area contributed by atoms with Crippen LogP contribution in [0.2, 0.25) is 0 Å². The Morgan fingerprint density at radius 1 is 0.920 bits per heavy atom. The molecule has 0 spiro atoms. The van der Waals surface area contributed by atoms with Gasteiger partial charge in [0.05, 0.1) is 6.10 Å². The topological polar surface area (TPSA) is 118 Å². The normalized spacial score (nSPS) is 12.4. The summed E-state index contributed by atoms with van der Waals surface area (Å²) in [6.45, 7) is 0. The average Bonchev–Trinajstić information content (AvgIpc) is 2.57. The maximum absolute atomic E-state index is 11.9. The van der Waals surface area contributed by atoms with Gasteiger partial charge in [0, 0.05) is 6.42 Å². The van der Waals surface area contributed by atoms with Crippen LogP contribution in [0.15, 0.2) is 42.5 Å². The zero-order chi connectivity index (χ0) is 18.4. The van der Waals surface area contributed by atoms with Crippen LogP contribution in [0.5, 0.6) is 23.0 Å². The van der Waals surface area contributed by atoms with Crippen LogP contribution in [-0.4, -0.2) is 37.4 Å². The highest BCUT2D eigenvalue weighted by atomic mass is 16.3. The summed E-state index contributed by atoms with van der Waals surface area (Å²) in [5.74, 6) is -1.20. The van der Waals surface area contributed by atoms with Crippen molar-refractivity contribution >= 4 is 11.9 Å². The van der Waals surface area contributed by atoms with Crippen LogP contribution in [0.25, 0.3) is 6.08 Å². The molecule has 2 aromatic rings. The first kappa shape index (κ1) is 18.4. The van der Waals surface area contributed by atoms with Gasteiger partial charge in [0.25, 0.3) is 0 Å². The van der Waals surface area contributed by atoms with Crippen molar-refractivity contribution in [2.75, 3.05) is 0 Å². The van der Waals surface area contributed by atoms with Gasteiger partial charge in [0.1, 0.15) is 0 Å². The van der Waals surface area contributed by atoms with Crippen LogP contribution in [0.1, 0.15) is 24.0 Å². The fourth-order valence-electron chi connectivity index (χ4n) is 2.29. The van der Waals surface area contributed by atoms with E-state index in [4.69, 9.17) is 0 Å². The molecule has 0 aromatic heterocycles. The molecule has 0 fully saturated rings. The smallest absolute Gasteiger partial charge is 0.158 e. The first-order valence-corrected chi connectivity index (χ1v) is 7.77. The lowest BCUT2D eigenvalue weighted by molar-refractivity contribution is -0.116. The fraction of sp³-hybridized carbons (Fsp3) is 0.211. The third-order valence-corrected chi connectivity index (χ3v) is 3.70. The van der Waals surface area contributed by atoms with Crippen molar-refractivity contribution in [1.29, 1.82) is 0 Å². The minimum absolute atomic E-state index is 0.0510. The number of carbonyl (C=O) groups excluding carboxylic acids is 1. The van der Waals surface area contributed by atoms with E-state index in [1.54, 1.807) is 12.1 Å². The molecule has 0 aliphatic heterocycles. The number of aliphatic hydroxyl groups is 1. The molecule has 0 saturated heterocycles. The third-order valence-electron chi connectivity index (χ3n) is 3.70. The number of aryl methyl sites for hydroxylation is 1. The molecule has 6 heteroatoms. The van der Waals surface area contributed by atoms with Gasteiger partial charge in [-0.15, -0.1) is 0 Å². The second kappa shape index (κ2) is 8.21. The summed E-state index contributed by atoms with van der Waals surface area (Å²) in [5.41, 5.74) is 1.30. The third kappa shape index (κ3) is 5.54. The average molecular weight is 344 g/mol. The van der Waals surface area contributed by atoms with Gasteiger partial charge in [-0.2, -0.15) is 0 Å². The molecule has 2 aromatic carbocycles. The van der Waals surface area contributed by atoms with E-state index < -0.39 is 6.10 Å². The fourth-order valence-corrected chi connectivity index (χ4v) is 2.29. The van der Waals surface area contributed by atoms with Crippen LogP contribution in [0, 0.1) is 0 Å². The van der Waals surface area contributed by atoms with Crippen molar-refractivity contribution in [2.45, 2.75) is 25.4 Å². The number of benzene rings is 2. The van der Waals surface area contributed by atoms with Crippen molar-refractivity contribution in [1.82, 2.24) is 0 Å². The molecule has 0 aliphatic rings. The molecule has 132 valence electrons. The Hall–Kier alpha value is -2.99. The van der Waals surface area contributed by atoms with E-state index in [2.05, 4.69) is 0 Å². The first-order chi connectivity index (χ1) is 11.8. The van der Waals surface area contributed by atoms with Crippen molar-refractivity contribution in [3.05, 3.63) is 53.6 Å². The number of aromatic hydroxyl groups is 4. The Kier molecular flexibility index (Phi) is 6.03. The molecule has 0 radical (unpaired) electrons. The van der Waals surface area contributed by atoms with Crippen molar-refractivity contribution in [2.24, 2.45) is 0 Å². The minimum atomic E-state index is -0.832. The number of rotatable bonds is 7. The van der Waals surface area contributed by atoms with E-state index in [1.165, 1.54) is 36.4 Å². The summed E-state index contributed by atoms with van der Waals surface area (Å²) in [7, 11) is 0. The number of ketones is 1. The summed E-state index contributed by atoms with van der Waals surface area (Å²) in [5, 5.41) is 47.2. The van der Waals surface area contributed by atoms with E-state index in [0.29, 0.717) is 18.4 Å². The molecular weight excluding hydrogens is 324 g/mol. The molecule has 2 rings (SSSR count). The molecule has 1 unspecified atom stereocenters. The van der Waals surface area contributed by atoms with E-state index in [1.807, 2.05) is 0 Å². The summed E-state index contributed by atoms with van der Waals surface area (Å²) in [4.78, 5) is 11.9. The van der Waals surface area contributed by atoms with Crippen LogP contribution in [-0.2, 0) is 11.2 Å². The number of carbonyl (C=O) groups is 1. The Morgan fingerprint density at radius 2 is 1.56 bits per heavy atom. The molecular formula is C19H20O6. The second-order valence-electron chi connectivity index (χ2n) is 5.77. The SMILES string of the molecule is O=C(C=Cc1ccc(O)c(O)c1)CC(O)CCc1ccc(O)c(O)c1. The lowest BCUT2D eigenvalue weighted by Crippen LogP contribution is -2.12. The van der Waals surface area contributed by atoms with Gasteiger partial charge in [0.15, 0.2) is 28.8 Å². The van der Waals surface area contributed by atoms with Gasteiger partial charge in [-0.1, -0.05) is 18.2 Å². The summed E-state index contributed by atoms with van der Waals surface area (Å²) < 4.78 is 0. The standard InChI is InChI=1S/C19H20O6/c20-14(5-1-12-3-7-16(22)18(24)9-12)11-15(21)6-2-13-4-8-17(23)19(25)10-13/h1,3-5,7-10,15,21-25H,2,6,11H2. The first-order valence-electron chi connectivity index (χ1n) is 7.77. The number of aliphatic hydroxyl groups excluding tert-OH is 1. The Labute approximate surface area is 144 Å². The summed E-state index contributed by atoms with van der Waals surface area (Å²) in [6, 6.07) is 8.63. The van der Waals surface area contributed by atoms with Crippen LogP contribution in [0.3, 0.4) is 0 Å². The monoisotopic (exact) mass is 344 g/mol. The predicted molar refractivity (Wildman–Crippen MR) is 92.5 cm³/mol. The zero-order valence-electron chi connectivity index (χ0n) is 13.5. The van der Waals surface area contributed by atoms with E-state index >= 15 is 0 Å². The number of hydrogen-bond donors (Lipinski definition) is 5. The minimum Gasteiger partial charge on any atom is -0.504 e. The Balaban J connectivity index is 1.83. The second-order valence-corrected chi connectivity index (χ2v) is 5.77. The molecule has 6 nitrogen and oxygen atoms in total. The lowest BCUT2D eigenvalue weighted by Gasteiger charge is -2.09. The van der Waals surface area contributed by atoms with E-state index in [-0.39, 0.29) is 35.2 Å². The van der Waals surface area contributed by atoms with Gasteiger partial charge in [-0.3, -0.25) is 4.79 Å². The van der Waals surface area contributed by atoms with Crippen LogP contribution < -0.4 is 0 Å². The van der Waals surface area contributed by atoms with Gasteiger partial charge in [-0.25, -0.2) is 0 Å². The predicted octanol–water partition coefficient (Wildman–Crippen LogP) is 2.48. The van der Waals surface area contributed by atoms with E-state index in [0.717, 1.165) is 5.56 Å². The zero-order valence-corrected chi connectivity index (χ0v) is 13.5. The summed E-state index contributed by atoms with van der Waals surface area (Å²) in [6.07, 6.45) is 2.71. The van der Waals surface area contributed by atoms with Crippen LogP contribution >= 0.6 is 0 Å². The number of allylic oxidation sites excluding steroid dienone is 1. The molecule has 0 amide bonds. The number of phenolic OH excluding ortho intramolecular Hbond substituents is 4.